The van der Waals surface area contributed by atoms with Crippen LogP contribution in [-0.2, 0) is 0 Å². The summed E-state index contributed by atoms with van der Waals surface area (Å²) in [6.07, 6.45) is 0. The maximum Gasteiger partial charge on any atom is 0.164 e. The molecule has 12 aromatic rings. The van der Waals surface area contributed by atoms with Crippen molar-refractivity contribution in [2.75, 3.05) is 0 Å². The lowest BCUT2D eigenvalue weighted by Gasteiger charge is -2.12. The second-order valence-electron chi connectivity index (χ2n) is 15.6. The molecule has 0 bridgehead atoms. The summed E-state index contributed by atoms with van der Waals surface area (Å²) in [6.45, 7) is 0. The number of hydrogen-bond donors (Lipinski definition) is 0. The van der Waals surface area contributed by atoms with Crippen LogP contribution >= 0.6 is 11.3 Å². The van der Waals surface area contributed by atoms with E-state index in [1.165, 1.54) is 69.8 Å². The summed E-state index contributed by atoms with van der Waals surface area (Å²) < 4.78 is 4.80. The van der Waals surface area contributed by atoms with Crippen LogP contribution in [0.4, 0.5) is 0 Å². The number of nitrogens with zero attached hydrogens (tertiary/aromatic N) is 4. The number of thiophene rings is 1. The minimum Gasteiger partial charge on any atom is -0.309 e. The Bertz CT molecular complexity index is 3610. The zero-order valence-electron chi connectivity index (χ0n) is 33.5. The highest BCUT2D eigenvalue weighted by Crippen LogP contribution is 2.42. The van der Waals surface area contributed by atoms with Crippen LogP contribution in [0.15, 0.2) is 218 Å². The predicted octanol–water partition coefficient (Wildman–Crippen LogP) is 15.3. The second kappa shape index (κ2) is 14.9. The molecule has 0 amide bonds. The van der Waals surface area contributed by atoms with E-state index in [1.807, 2.05) is 35.6 Å². The molecule has 0 saturated carbocycles. The number of para-hydroxylation sites is 2. The fourth-order valence-electron chi connectivity index (χ4n) is 8.86. The zero-order chi connectivity index (χ0) is 41.0. The van der Waals surface area contributed by atoms with Gasteiger partial charge in [-0.25, -0.2) is 15.0 Å². The maximum atomic E-state index is 5.09. The molecule has 0 N–H and O–H groups in total. The van der Waals surface area contributed by atoms with Crippen LogP contribution in [0.25, 0.3) is 115 Å². The van der Waals surface area contributed by atoms with Gasteiger partial charge in [-0.15, -0.1) is 11.3 Å². The molecular weight excluding hydrogens is 773 g/mol. The Morgan fingerprint density at radius 2 is 0.726 bits per heavy atom. The number of benzene rings is 9. The molecule has 3 heterocycles. The van der Waals surface area contributed by atoms with Crippen LogP contribution < -0.4 is 0 Å². The lowest BCUT2D eigenvalue weighted by atomic mass is 9.93. The van der Waals surface area contributed by atoms with Crippen molar-refractivity contribution < 1.29 is 0 Å². The first-order valence-electron chi connectivity index (χ1n) is 20.8. The van der Waals surface area contributed by atoms with E-state index in [2.05, 4.69) is 199 Å². The lowest BCUT2D eigenvalue weighted by Crippen LogP contribution is -2.00. The summed E-state index contributed by atoms with van der Waals surface area (Å²) in [7, 11) is 0. The average molecular weight is 809 g/mol. The molecule has 0 saturated heterocycles. The van der Waals surface area contributed by atoms with Gasteiger partial charge in [-0.3, -0.25) is 0 Å². The number of rotatable bonds is 7. The highest BCUT2D eigenvalue weighted by molar-refractivity contribution is 7.25. The fraction of sp³-hybridized carbons (Fsp3) is 0. The molecule has 0 fully saturated rings. The van der Waals surface area contributed by atoms with E-state index in [0.717, 1.165) is 27.9 Å². The molecule has 0 spiro atoms. The van der Waals surface area contributed by atoms with Crippen LogP contribution in [0.5, 0.6) is 0 Å². The van der Waals surface area contributed by atoms with E-state index >= 15 is 0 Å². The van der Waals surface area contributed by atoms with Crippen LogP contribution in [-0.4, -0.2) is 19.5 Å². The third-order valence-corrected chi connectivity index (χ3v) is 13.0. The molecule has 5 heteroatoms. The fourth-order valence-corrected chi connectivity index (χ4v) is 10.0. The minimum atomic E-state index is 0.648. The van der Waals surface area contributed by atoms with Gasteiger partial charge in [0, 0.05) is 53.3 Å². The van der Waals surface area contributed by atoms with Gasteiger partial charge in [-0.1, -0.05) is 176 Å². The Kier molecular flexibility index (Phi) is 8.65. The highest BCUT2D eigenvalue weighted by Gasteiger charge is 2.17. The summed E-state index contributed by atoms with van der Waals surface area (Å²) in [5.41, 5.74) is 13.6. The highest BCUT2D eigenvalue weighted by atomic mass is 32.1. The van der Waals surface area contributed by atoms with Gasteiger partial charge in [-0.2, -0.15) is 0 Å². The summed E-state index contributed by atoms with van der Waals surface area (Å²) in [6, 6.07) is 77.6. The monoisotopic (exact) mass is 808 g/mol. The molecule has 0 aliphatic rings. The molecule has 0 unspecified atom stereocenters. The Labute approximate surface area is 362 Å². The summed E-state index contributed by atoms with van der Waals surface area (Å²) in [5, 5.41) is 4.96. The molecule has 0 aliphatic heterocycles. The van der Waals surface area contributed by atoms with Crippen molar-refractivity contribution >= 4 is 53.3 Å². The third kappa shape index (κ3) is 6.26. The van der Waals surface area contributed by atoms with Crippen molar-refractivity contribution in [3.05, 3.63) is 218 Å². The van der Waals surface area contributed by atoms with Gasteiger partial charge in [0.2, 0.25) is 0 Å². The molecule has 62 heavy (non-hydrogen) atoms. The smallest absolute Gasteiger partial charge is 0.164 e. The van der Waals surface area contributed by atoms with Gasteiger partial charge in [0.1, 0.15) is 0 Å². The number of hydrogen-bond acceptors (Lipinski definition) is 4. The molecule has 0 atom stereocenters. The largest absolute Gasteiger partial charge is 0.309 e. The number of fused-ring (bicyclic) bond motifs is 6. The minimum absolute atomic E-state index is 0.648. The first-order valence-corrected chi connectivity index (χ1v) is 21.7. The van der Waals surface area contributed by atoms with Crippen molar-refractivity contribution in [2.45, 2.75) is 0 Å². The molecular formula is C57H36N4S. The molecule has 0 radical (unpaired) electrons. The molecule has 0 aliphatic carbocycles. The van der Waals surface area contributed by atoms with Crippen LogP contribution in [0.2, 0.25) is 0 Å². The Morgan fingerprint density at radius 1 is 0.290 bits per heavy atom. The van der Waals surface area contributed by atoms with E-state index in [9.17, 15) is 0 Å². The van der Waals surface area contributed by atoms with Gasteiger partial charge < -0.3 is 4.57 Å². The predicted molar refractivity (Wildman–Crippen MR) is 260 cm³/mol. The van der Waals surface area contributed by atoms with Crippen molar-refractivity contribution in [1.29, 1.82) is 0 Å². The quantitative estimate of drug-likeness (QED) is 0.161. The molecule has 3 aromatic heterocycles. The normalized spacial score (nSPS) is 11.5. The summed E-state index contributed by atoms with van der Waals surface area (Å²) in [5.74, 6) is 1.95. The van der Waals surface area contributed by atoms with E-state index in [1.54, 1.807) is 0 Å². The maximum absolute atomic E-state index is 5.09. The van der Waals surface area contributed by atoms with Gasteiger partial charge >= 0.3 is 0 Å². The van der Waals surface area contributed by atoms with Crippen molar-refractivity contribution in [2.24, 2.45) is 0 Å². The van der Waals surface area contributed by atoms with Crippen molar-refractivity contribution in [1.82, 2.24) is 19.5 Å². The van der Waals surface area contributed by atoms with Crippen LogP contribution in [0.3, 0.4) is 0 Å². The lowest BCUT2D eigenvalue weighted by molar-refractivity contribution is 1.07. The first kappa shape index (κ1) is 35.9. The van der Waals surface area contributed by atoms with Crippen LogP contribution in [0.1, 0.15) is 0 Å². The summed E-state index contributed by atoms with van der Waals surface area (Å²) >= 11 is 1.81. The molecule has 9 aromatic carbocycles. The van der Waals surface area contributed by atoms with Gasteiger partial charge in [0.05, 0.1) is 11.0 Å². The SMILES string of the molecule is c1ccc(-c2ccc(-c3nc(-c4ccccc4)nc(-c4ccc5c(c4)sc4cc(-c6ccccc6-c6ccc7c(c6)c6ccccc6n7-c6ccccc6)ccc45)n3)cc2)cc1. The van der Waals surface area contributed by atoms with E-state index < -0.39 is 0 Å². The number of aromatic nitrogens is 4. The first-order chi connectivity index (χ1) is 30.7. The topological polar surface area (TPSA) is 43.6 Å². The Balaban J connectivity index is 0.926. The van der Waals surface area contributed by atoms with E-state index in [4.69, 9.17) is 15.0 Å². The summed E-state index contributed by atoms with van der Waals surface area (Å²) in [4.78, 5) is 15.1. The standard InChI is InChI=1S/C57H36N4S/c1-4-14-37(15-5-1)38-24-26-40(27-25-38)56-58-55(39-16-6-2-7-17-39)59-57(60-56)43-29-32-49-48-31-28-42(35-53(48)62-54(49)36-43)46-21-11-10-20-45(46)41-30-33-52-50(34-41)47-22-12-13-23-51(47)61(52)44-18-8-3-9-19-44/h1-36H. The average Bonchev–Trinajstić information content (AvgIpc) is 3.89. The van der Waals surface area contributed by atoms with E-state index in [0.29, 0.717) is 17.5 Å². The Morgan fingerprint density at radius 3 is 1.40 bits per heavy atom. The van der Waals surface area contributed by atoms with Gasteiger partial charge in [-0.05, 0) is 75.8 Å². The van der Waals surface area contributed by atoms with Crippen molar-refractivity contribution in [3.8, 4) is 73.2 Å². The molecule has 4 nitrogen and oxygen atoms in total. The third-order valence-electron chi connectivity index (χ3n) is 11.9. The van der Waals surface area contributed by atoms with E-state index in [-0.39, 0.29) is 0 Å². The molecule has 12 rings (SSSR count). The zero-order valence-corrected chi connectivity index (χ0v) is 34.3. The van der Waals surface area contributed by atoms with Gasteiger partial charge in [0.25, 0.3) is 0 Å². The van der Waals surface area contributed by atoms with Gasteiger partial charge in [0.15, 0.2) is 17.5 Å². The Hall–Kier alpha value is -7.99. The van der Waals surface area contributed by atoms with Crippen molar-refractivity contribution in [3.63, 3.8) is 0 Å². The molecule has 290 valence electrons. The van der Waals surface area contributed by atoms with Crippen LogP contribution in [0, 0.1) is 0 Å². The second-order valence-corrected chi connectivity index (χ2v) is 16.7.